The smallest absolute Gasteiger partial charge is 0.331 e. The molecule has 0 fully saturated rings. The van der Waals surface area contributed by atoms with E-state index >= 15 is 0 Å². The highest BCUT2D eigenvalue weighted by Gasteiger charge is 2.17. The summed E-state index contributed by atoms with van der Waals surface area (Å²) in [6.45, 7) is 1.35. The summed E-state index contributed by atoms with van der Waals surface area (Å²) < 4.78 is 18.0. The second-order valence-electron chi connectivity index (χ2n) is 5.40. The molecule has 27 heavy (non-hydrogen) atoms. The Kier molecular flexibility index (Phi) is 7.08. The fourth-order valence-corrected chi connectivity index (χ4v) is 2.12. The van der Waals surface area contributed by atoms with Crippen LogP contribution in [0, 0.1) is 5.82 Å². The number of benzene rings is 2. The minimum Gasteiger partial charge on any atom is -0.449 e. The van der Waals surface area contributed by atoms with E-state index in [1.807, 2.05) is 0 Å². The zero-order chi connectivity index (χ0) is 19.8. The molecule has 2 amide bonds. The van der Waals surface area contributed by atoms with E-state index in [-0.39, 0.29) is 5.02 Å². The zero-order valence-electron chi connectivity index (χ0n) is 14.2. The Hall–Kier alpha value is -3.19. The molecular formula is C19H16ClFN2O4. The quantitative estimate of drug-likeness (QED) is 0.467. The average molecular weight is 391 g/mol. The standard InChI is InChI=1S/C19H16ClFN2O4/c1-12(18(25)22-23-19(26)14-5-3-2-4-6-14)27-17(24)10-8-13-7-9-16(21)15(20)11-13/h2-12H,1H3,(H,22,25)(H,23,26)/b10-8+/t12-/m0/s1. The number of hydrogen-bond donors (Lipinski definition) is 2. The summed E-state index contributed by atoms with van der Waals surface area (Å²) in [4.78, 5) is 35.5. The van der Waals surface area contributed by atoms with Gasteiger partial charge in [-0.15, -0.1) is 0 Å². The molecule has 1 atom stereocenters. The van der Waals surface area contributed by atoms with E-state index in [0.29, 0.717) is 11.1 Å². The summed E-state index contributed by atoms with van der Waals surface area (Å²) in [5.41, 5.74) is 5.25. The van der Waals surface area contributed by atoms with Gasteiger partial charge in [-0.2, -0.15) is 0 Å². The summed E-state index contributed by atoms with van der Waals surface area (Å²) in [5.74, 6) is -2.56. The minimum absolute atomic E-state index is 0.0765. The van der Waals surface area contributed by atoms with Crippen LogP contribution in [-0.4, -0.2) is 23.9 Å². The monoisotopic (exact) mass is 390 g/mol. The first kappa shape index (κ1) is 20.1. The molecule has 2 rings (SSSR count). The molecular weight excluding hydrogens is 375 g/mol. The maximum atomic E-state index is 13.1. The van der Waals surface area contributed by atoms with Gasteiger partial charge in [-0.25, -0.2) is 9.18 Å². The molecule has 0 aliphatic heterocycles. The second-order valence-corrected chi connectivity index (χ2v) is 5.80. The lowest BCUT2D eigenvalue weighted by atomic mass is 10.2. The number of halogens is 2. The summed E-state index contributed by atoms with van der Waals surface area (Å²) in [6, 6.07) is 12.2. The average Bonchev–Trinajstić information content (AvgIpc) is 2.67. The summed E-state index contributed by atoms with van der Waals surface area (Å²) in [5, 5.41) is -0.0765. The number of rotatable bonds is 5. The van der Waals surface area contributed by atoms with Crippen molar-refractivity contribution in [1.29, 1.82) is 0 Å². The third-order valence-corrected chi connectivity index (χ3v) is 3.64. The van der Waals surface area contributed by atoms with Crippen LogP contribution in [0.25, 0.3) is 6.08 Å². The van der Waals surface area contributed by atoms with Crippen LogP contribution in [0.2, 0.25) is 5.02 Å². The molecule has 2 aromatic rings. The van der Waals surface area contributed by atoms with E-state index in [1.54, 1.807) is 30.3 Å². The lowest BCUT2D eigenvalue weighted by molar-refractivity contribution is -0.150. The van der Waals surface area contributed by atoms with Crippen molar-refractivity contribution in [1.82, 2.24) is 10.9 Å². The second kappa shape index (κ2) is 9.49. The van der Waals surface area contributed by atoms with Gasteiger partial charge in [0, 0.05) is 11.6 Å². The Morgan fingerprint density at radius 3 is 2.48 bits per heavy atom. The number of amides is 2. The largest absolute Gasteiger partial charge is 0.449 e. The van der Waals surface area contributed by atoms with Crippen molar-refractivity contribution in [3.8, 4) is 0 Å². The maximum absolute atomic E-state index is 13.1. The van der Waals surface area contributed by atoms with E-state index in [0.717, 1.165) is 6.08 Å². The lowest BCUT2D eigenvalue weighted by Gasteiger charge is -2.13. The van der Waals surface area contributed by atoms with Crippen LogP contribution < -0.4 is 10.9 Å². The molecule has 0 saturated carbocycles. The molecule has 0 aliphatic rings. The molecule has 0 aromatic heterocycles. The van der Waals surface area contributed by atoms with Crippen LogP contribution in [-0.2, 0) is 14.3 Å². The lowest BCUT2D eigenvalue weighted by Crippen LogP contribution is -2.46. The molecule has 0 bridgehead atoms. The molecule has 0 heterocycles. The Morgan fingerprint density at radius 1 is 1.11 bits per heavy atom. The number of nitrogens with one attached hydrogen (secondary N) is 2. The summed E-state index contributed by atoms with van der Waals surface area (Å²) in [6.07, 6.45) is 1.31. The SMILES string of the molecule is C[C@H](OC(=O)/C=C/c1ccc(F)c(Cl)c1)C(=O)NNC(=O)c1ccccc1. The van der Waals surface area contributed by atoms with Crippen molar-refractivity contribution in [3.63, 3.8) is 0 Å². The summed E-state index contributed by atoms with van der Waals surface area (Å²) >= 11 is 5.65. The molecule has 0 unspecified atom stereocenters. The van der Waals surface area contributed by atoms with Gasteiger partial charge in [0.15, 0.2) is 6.10 Å². The molecule has 140 valence electrons. The maximum Gasteiger partial charge on any atom is 0.331 e. The first-order valence-corrected chi connectivity index (χ1v) is 8.23. The predicted molar refractivity (Wildman–Crippen MR) is 98.0 cm³/mol. The van der Waals surface area contributed by atoms with Gasteiger partial charge in [0.25, 0.3) is 11.8 Å². The molecule has 0 aliphatic carbocycles. The highest BCUT2D eigenvalue weighted by molar-refractivity contribution is 6.30. The van der Waals surface area contributed by atoms with E-state index in [2.05, 4.69) is 10.9 Å². The molecule has 0 radical (unpaired) electrons. The number of esters is 1. The number of hydrogen-bond acceptors (Lipinski definition) is 4. The molecule has 0 saturated heterocycles. The molecule has 2 N–H and O–H groups in total. The molecule has 8 heteroatoms. The normalized spacial score (nSPS) is 11.7. The Bertz CT molecular complexity index is 871. The van der Waals surface area contributed by atoms with E-state index < -0.39 is 29.7 Å². The number of hydrazine groups is 1. The first-order chi connectivity index (χ1) is 12.9. The van der Waals surface area contributed by atoms with Gasteiger partial charge in [-0.1, -0.05) is 35.9 Å². The Morgan fingerprint density at radius 2 is 1.81 bits per heavy atom. The van der Waals surface area contributed by atoms with Gasteiger partial charge < -0.3 is 4.74 Å². The van der Waals surface area contributed by atoms with Crippen LogP contribution in [0.15, 0.2) is 54.6 Å². The Balaban J connectivity index is 1.82. The fraction of sp³-hybridized carbons (Fsp3) is 0.105. The molecule has 2 aromatic carbocycles. The zero-order valence-corrected chi connectivity index (χ0v) is 15.0. The third kappa shape index (κ3) is 6.23. The van der Waals surface area contributed by atoms with Gasteiger partial charge in [0.2, 0.25) is 0 Å². The van der Waals surface area contributed by atoms with Crippen molar-refractivity contribution in [2.24, 2.45) is 0 Å². The summed E-state index contributed by atoms with van der Waals surface area (Å²) in [7, 11) is 0. The number of ether oxygens (including phenoxy) is 1. The van der Waals surface area contributed by atoms with Crippen LogP contribution >= 0.6 is 11.6 Å². The van der Waals surface area contributed by atoms with Gasteiger partial charge in [0.05, 0.1) is 5.02 Å². The van der Waals surface area contributed by atoms with Gasteiger partial charge >= 0.3 is 5.97 Å². The van der Waals surface area contributed by atoms with E-state index in [4.69, 9.17) is 16.3 Å². The van der Waals surface area contributed by atoms with Crippen molar-refractivity contribution in [2.75, 3.05) is 0 Å². The predicted octanol–water partition coefficient (Wildman–Crippen LogP) is 2.89. The van der Waals surface area contributed by atoms with Crippen LogP contribution in [0.4, 0.5) is 4.39 Å². The van der Waals surface area contributed by atoms with Crippen molar-refractivity contribution < 1.29 is 23.5 Å². The molecule has 0 spiro atoms. The molecule has 6 nitrogen and oxygen atoms in total. The Labute approximate surface area is 159 Å². The van der Waals surface area contributed by atoms with Crippen molar-refractivity contribution >= 4 is 35.5 Å². The van der Waals surface area contributed by atoms with Crippen molar-refractivity contribution in [2.45, 2.75) is 13.0 Å². The first-order valence-electron chi connectivity index (χ1n) is 7.86. The van der Waals surface area contributed by atoms with Gasteiger partial charge in [-0.3, -0.25) is 20.4 Å². The van der Waals surface area contributed by atoms with E-state index in [1.165, 1.54) is 31.2 Å². The topological polar surface area (TPSA) is 84.5 Å². The fourth-order valence-electron chi connectivity index (χ4n) is 1.93. The van der Waals surface area contributed by atoms with Gasteiger partial charge in [0.1, 0.15) is 5.82 Å². The third-order valence-electron chi connectivity index (χ3n) is 3.35. The number of carbonyl (C=O) groups is 3. The highest BCUT2D eigenvalue weighted by Crippen LogP contribution is 2.16. The van der Waals surface area contributed by atoms with Crippen LogP contribution in [0.3, 0.4) is 0 Å². The van der Waals surface area contributed by atoms with Crippen molar-refractivity contribution in [3.05, 3.63) is 76.6 Å². The van der Waals surface area contributed by atoms with Crippen LogP contribution in [0.5, 0.6) is 0 Å². The minimum atomic E-state index is -1.14. The number of carbonyl (C=O) groups excluding carboxylic acids is 3. The van der Waals surface area contributed by atoms with E-state index in [9.17, 15) is 18.8 Å². The van der Waals surface area contributed by atoms with Crippen LogP contribution in [0.1, 0.15) is 22.8 Å². The van der Waals surface area contributed by atoms with Gasteiger partial charge in [-0.05, 0) is 42.8 Å². The highest BCUT2D eigenvalue weighted by atomic mass is 35.5.